The molecule has 0 aliphatic rings. The van der Waals surface area contributed by atoms with Gasteiger partial charge in [-0.15, -0.1) is 22.7 Å². The minimum atomic E-state index is -0.170. The Balaban J connectivity index is 1.69. The Morgan fingerprint density at radius 1 is 1.16 bits per heavy atom. The predicted molar refractivity (Wildman–Crippen MR) is 107 cm³/mol. The van der Waals surface area contributed by atoms with Crippen molar-refractivity contribution in [2.24, 2.45) is 0 Å². The molecule has 7 heteroatoms. The number of halogens is 1. The van der Waals surface area contributed by atoms with Gasteiger partial charge in [0.15, 0.2) is 0 Å². The number of carbonyl (C=O) groups excluding carboxylic acids is 2. The molecule has 0 atom stereocenters. The van der Waals surface area contributed by atoms with E-state index in [-0.39, 0.29) is 11.8 Å². The summed E-state index contributed by atoms with van der Waals surface area (Å²) >= 11 is 6.41. The second-order valence-corrected chi connectivity index (χ2v) is 8.87. The van der Waals surface area contributed by atoms with E-state index in [0.717, 1.165) is 8.66 Å². The first-order valence-corrected chi connectivity index (χ1v) is 9.96. The summed E-state index contributed by atoms with van der Waals surface area (Å²) in [6.45, 7) is 0.543. The van der Waals surface area contributed by atoms with E-state index < -0.39 is 0 Å². The molecule has 2 aromatic heterocycles. The molecule has 0 radical (unpaired) electrons. The number of rotatable bonds is 5. The Kier molecular flexibility index (Phi) is 5.67. The molecule has 1 N–H and O–H groups in total. The van der Waals surface area contributed by atoms with Crippen molar-refractivity contribution >= 4 is 56.1 Å². The number of anilines is 1. The summed E-state index contributed by atoms with van der Waals surface area (Å²) in [6.07, 6.45) is 0. The Hall–Kier alpha value is -1.96. The van der Waals surface area contributed by atoms with E-state index in [9.17, 15) is 9.59 Å². The molecule has 0 aliphatic heterocycles. The van der Waals surface area contributed by atoms with Gasteiger partial charge < -0.3 is 10.2 Å². The van der Waals surface area contributed by atoms with E-state index in [0.29, 0.717) is 22.7 Å². The number of carbonyl (C=O) groups is 2. The quantitative estimate of drug-likeness (QED) is 0.607. The maximum absolute atomic E-state index is 12.6. The molecule has 1 aromatic carbocycles. The fraction of sp³-hybridized carbons (Fsp3) is 0.111. The van der Waals surface area contributed by atoms with Crippen LogP contribution in [0.25, 0.3) is 0 Å². The first-order valence-electron chi connectivity index (χ1n) is 7.47. The van der Waals surface area contributed by atoms with Crippen LogP contribution in [0.15, 0.2) is 57.7 Å². The van der Waals surface area contributed by atoms with Gasteiger partial charge in [-0.25, -0.2) is 0 Å². The minimum absolute atomic E-state index is 0.0863. The van der Waals surface area contributed by atoms with E-state index in [2.05, 4.69) is 21.2 Å². The van der Waals surface area contributed by atoms with Crippen LogP contribution in [0.5, 0.6) is 0 Å². The lowest BCUT2D eigenvalue weighted by molar-refractivity contribution is 0.0786. The SMILES string of the molecule is CN(Cc1ccc(Br)s1)C(=O)c1cccc(NC(=O)c2cccs2)c1. The molecule has 0 aliphatic carbocycles. The lowest BCUT2D eigenvalue weighted by atomic mass is 10.1. The number of nitrogens with zero attached hydrogens (tertiary/aromatic N) is 1. The van der Waals surface area contributed by atoms with Crippen LogP contribution >= 0.6 is 38.6 Å². The zero-order valence-electron chi connectivity index (χ0n) is 13.4. The van der Waals surface area contributed by atoms with Crippen molar-refractivity contribution in [3.8, 4) is 0 Å². The van der Waals surface area contributed by atoms with E-state index in [1.54, 1.807) is 53.6 Å². The van der Waals surface area contributed by atoms with Crippen LogP contribution in [0.3, 0.4) is 0 Å². The summed E-state index contributed by atoms with van der Waals surface area (Å²) in [4.78, 5) is 28.2. The fourth-order valence-electron chi connectivity index (χ4n) is 2.29. The van der Waals surface area contributed by atoms with E-state index in [1.165, 1.54) is 11.3 Å². The van der Waals surface area contributed by atoms with Crippen molar-refractivity contribution < 1.29 is 9.59 Å². The zero-order chi connectivity index (χ0) is 17.8. The Morgan fingerprint density at radius 2 is 2.00 bits per heavy atom. The van der Waals surface area contributed by atoms with Crippen molar-refractivity contribution in [2.75, 3.05) is 12.4 Å². The summed E-state index contributed by atoms with van der Waals surface area (Å²) in [5, 5.41) is 4.68. The second kappa shape index (κ2) is 7.95. The highest BCUT2D eigenvalue weighted by molar-refractivity contribution is 9.11. The standard InChI is InChI=1S/C18H15BrN2O2S2/c1-21(11-14-7-8-16(19)25-14)18(23)12-4-2-5-13(10-12)20-17(22)15-6-3-9-24-15/h2-10H,11H2,1H3,(H,20,22). The number of thiophene rings is 2. The smallest absolute Gasteiger partial charge is 0.265 e. The fourth-order valence-corrected chi connectivity index (χ4v) is 4.45. The van der Waals surface area contributed by atoms with Gasteiger partial charge in [-0.05, 0) is 57.7 Å². The Bertz CT molecular complexity index is 890. The number of hydrogen-bond donors (Lipinski definition) is 1. The van der Waals surface area contributed by atoms with E-state index >= 15 is 0 Å². The van der Waals surface area contributed by atoms with Crippen LogP contribution in [-0.2, 0) is 6.54 Å². The molecule has 0 saturated carbocycles. The molecular weight excluding hydrogens is 420 g/mol. The highest BCUT2D eigenvalue weighted by Gasteiger charge is 2.14. The van der Waals surface area contributed by atoms with Gasteiger partial charge in [-0.3, -0.25) is 9.59 Å². The van der Waals surface area contributed by atoms with Crippen LogP contribution < -0.4 is 5.32 Å². The van der Waals surface area contributed by atoms with Crippen LogP contribution in [0, 0.1) is 0 Å². The van der Waals surface area contributed by atoms with Gasteiger partial charge >= 0.3 is 0 Å². The van der Waals surface area contributed by atoms with E-state index in [4.69, 9.17) is 0 Å². The number of amides is 2. The minimum Gasteiger partial charge on any atom is -0.337 e. The normalized spacial score (nSPS) is 10.5. The monoisotopic (exact) mass is 434 g/mol. The summed E-state index contributed by atoms with van der Waals surface area (Å²) < 4.78 is 1.04. The number of benzene rings is 1. The molecule has 128 valence electrons. The van der Waals surface area contributed by atoms with Crippen molar-refractivity contribution in [1.82, 2.24) is 4.90 Å². The van der Waals surface area contributed by atoms with E-state index in [1.807, 2.05) is 23.6 Å². The number of hydrogen-bond acceptors (Lipinski definition) is 4. The molecule has 4 nitrogen and oxygen atoms in total. The Labute approximate surface area is 162 Å². The highest BCUT2D eigenvalue weighted by Crippen LogP contribution is 2.23. The maximum atomic E-state index is 12.6. The molecule has 0 unspecified atom stereocenters. The molecule has 25 heavy (non-hydrogen) atoms. The summed E-state index contributed by atoms with van der Waals surface area (Å²) in [7, 11) is 1.77. The van der Waals surface area contributed by atoms with Crippen molar-refractivity contribution in [2.45, 2.75) is 6.54 Å². The van der Waals surface area contributed by atoms with Crippen LogP contribution in [0.1, 0.15) is 24.9 Å². The lowest BCUT2D eigenvalue weighted by Gasteiger charge is -2.17. The molecule has 0 saturated heterocycles. The topological polar surface area (TPSA) is 49.4 Å². The molecular formula is C18H15BrN2O2S2. The average Bonchev–Trinajstić information content (AvgIpc) is 3.26. The summed E-state index contributed by atoms with van der Waals surface area (Å²) in [6, 6.07) is 14.6. The predicted octanol–water partition coefficient (Wildman–Crippen LogP) is 5.10. The van der Waals surface area contributed by atoms with Gasteiger partial charge in [0.2, 0.25) is 0 Å². The van der Waals surface area contributed by atoms with Crippen molar-refractivity contribution in [3.05, 3.63) is 73.0 Å². The third-order valence-corrected chi connectivity index (χ3v) is 5.96. The first-order chi connectivity index (χ1) is 12.0. The molecule has 0 fully saturated rings. The van der Waals surface area contributed by atoms with Crippen LogP contribution in [-0.4, -0.2) is 23.8 Å². The van der Waals surface area contributed by atoms with Gasteiger partial charge in [0.05, 0.1) is 15.2 Å². The molecule has 0 spiro atoms. The van der Waals surface area contributed by atoms with Crippen LogP contribution in [0.2, 0.25) is 0 Å². The highest BCUT2D eigenvalue weighted by atomic mass is 79.9. The number of nitrogens with one attached hydrogen (secondary N) is 1. The molecule has 0 bridgehead atoms. The third kappa shape index (κ3) is 4.56. The molecule has 2 amide bonds. The summed E-state index contributed by atoms with van der Waals surface area (Å²) in [5.41, 5.74) is 1.15. The van der Waals surface area contributed by atoms with Crippen molar-refractivity contribution in [3.63, 3.8) is 0 Å². The maximum Gasteiger partial charge on any atom is 0.265 e. The van der Waals surface area contributed by atoms with Crippen molar-refractivity contribution in [1.29, 1.82) is 0 Å². The molecule has 3 rings (SSSR count). The average molecular weight is 435 g/mol. The second-order valence-electron chi connectivity index (χ2n) is 5.38. The van der Waals surface area contributed by atoms with Gasteiger partial charge in [-0.1, -0.05) is 12.1 Å². The van der Waals surface area contributed by atoms with Gasteiger partial charge in [0.25, 0.3) is 11.8 Å². The molecule has 3 aromatic rings. The lowest BCUT2D eigenvalue weighted by Crippen LogP contribution is -2.25. The van der Waals surface area contributed by atoms with Gasteiger partial charge in [0.1, 0.15) is 0 Å². The molecule has 2 heterocycles. The van der Waals surface area contributed by atoms with Gasteiger partial charge in [0, 0.05) is 23.2 Å². The zero-order valence-corrected chi connectivity index (χ0v) is 16.6. The third-order valence-electron chi connectivity index (χ3n) is 3.48. The first kappa shape index (κ1) is 17.8. The Morgan fingerprint density at radius 3 is 2.68 bits per heavy atom. The van der Waals surface area contributed by atoms with Gasteiger partial charge in [-0.2, -0.15) is 0 Å². The van der Waals surface area contributed by atoms with Crippen LogP contribution in [0.4, 0.5) is 5.69 Å². The largest absolute Gasteiger partial charge is 0.337 e. The summed E-state index contributed by atoms with van der Waals surface area (Å²) in [5.74, 6) is -0.256.